The molecule has 0 amide bonds. The molecule has 0 atom stereocenters. The fourth-order valence-electron chi connectivity index (χ4n) is 1.69. The van der Waals surface area contributed by atoms with Crippen LogP contribution in [0.3, 0.4) is 0 Å². The molecule has 2 aromatic carbocycles. The molecule has 21 heavy (non-hydrogen) atoms. The first-order chi connectivity index (χ1) is 10.1. The van der Waals surface area contributed by atoms with Gasteiger partial charge in [-0.3, -0.25) is 21.0 Å². The van der Waals surface area contributed by atoms with Crippen LogP contribution in [0.5, 0.6) is 0 Å². The third kappa shape index (κ3) is 4.15. The van der Waals surface area contributed by atoms with Crippen LogP contribution in [0, 0.1) is 17.0 Å². The lowest BCUT2D eigenvalue weighted by atomic mass is 10.2. The van der Waals surface area contributed by atoms with Crippen molar-refractivity contribution in [3.8, 4) is 0 Å². The summed E-state index contributed by atoms with van der Waals surface area (Å²) in [5, 5.41) is 14.1. The van der Waals surface area contributed by atoms with Gasteiger partial charge in [0.2, 0.25) is 0 Å². The Morgan fingerprint density at radius 1 is 1.19 bits per heavy atom. The molecule has 0 fully saturated rings. The van der Waals surface area contributed by atoms with E-state index in [0.29, 0.717) is 10.8 Å². The number of para-hydroxylation sites is 1. The van der Waals surface area contributed by atoms with Crippen LogP contribution >= 0.6 is 12.2 Å². The lowest BCUT2D eigenvalue weighted by molar-refractivity contribution is -0.384. The highest BCUT2D eigenvalue weighted by Crippen LogP contribution is 2.16. The number of rotatable bonds is 4. The van der Waals surface area contributed by atoms with Gasteiger partial charge < -0.3 is 5.32 Å². The maximum atomic E-state index is 10.7. The molecule has 3 N–H and O–H groups in total. The lowest BCUT2D eigenvalue weighted by Crippen LogP contribution is -2.33. The number of nitro benzene ring substituents is 1. The van der Waals surface area contributed by atoms with E-state index in [4.69, 9.17) is 12.2 Å². The molecule has 0 unspecified atom stereocenters. The van der Waals surface area contributed by atoms with Crippen molar-refractivity contribution in [3.63, 3.8) is 0 Å². The summed E-state index contributed by atoms with van der Waals surface area (Å²) in [6.45, 7) is 1.97. The summed E-state index contributed by atoms with van der Waals surface area (Å²) < 4.78 is 0. The molecule has 0 bridgehead atoms. The van der Waals surface area contributed by atoms with Gasteiger partial charge in [0.15, 0.2) is 5.11 Å². The van der Waals surface area contributed by atoms with E-state index in [0.717, 1.165) is 11.3 Å². The van der Waals surface area contributed by atoms with E-state index in [-0.39, 0.29) is 5.69 Å². The first kappa shape index (κ1) is 14.7. The van der Waals surface area contributed by atoms with Gasteiger partial charge >= 0.3 is 0 Å². The summed E-state index contributed by atoms with van der Waals surface area (Å²) in [7, 11) is 0. The normalized spacial score (nSPS) is 9.76. The zero-order valence-electron chi connectivity index (χ0n) is 11.3. The number of nitro groups is 1. The maximum absolute atomic E-state index is 10.7. The molecule has 7 heteroatoms. The average Bonchev–Trinajstić information content (AvgIpc) is 2.48. The lowest BCUT2D eigenvalue weighted by Gasteiger charge is -2.13. The van der Waals surface area contributed by atoms with Gasteiger partial charge in [-0.05, 0) is 36.8 Å². The van der Waals surface area contributed by atoms with Crippen LogP contribution in [0.1, 0.15) is 5.56 Å². The molecule has 0 aliphatic carbocycles. The quantitative estimate of drug-likeness (QED) is 0.457. The summed E-state index contributed by atoms with van der Waals surface area (Å²) >= 11 is 5.16. The SMILES string of the molecule is Cc1ccccc1NC(=S)NNc1cccc([N+](=O)[O-])c1. The molecule has 2 aromatic rings. The summed E-state index contributed by atoms with van der Waals surface area (Å²) in [6.07, 6.45) is 0. The third-order valence-electron chi connectivity index (χ3n) is 2.77. The number of hydrogen-bond acceptors (Lipinski definition) is 4. The van der Waals surface area contributed by atoms with Gasteiger partial charge in [-0.25, -0.2) is 0 Å². The number of hydrazine groups is 1. The van der Waals surface area contributed by atoms with Crippen molar-refractivity contribution in [1.82, 2.24) is 5.43 Å². The fourth-order valence-corrected chi connectivity index (χ4v) is 1.85. The Bertz CT molecular complexity index is 676. The van der Waals surface area contributed by atoms with E-state index in [1.54, 1.807) is 12.1 Å². The molecule has 0 heterocycles. The Morgan fingerprint density at radius 3 is 2.67 bits per heavy atom. The van der Waals surface area contributed by atoms with E-state index in [1.807, 2.05) is 31.2 Å². The molecule has 0 saturated carbocycles. The topological polar surface area (TPSA) is 79.2 Å². The number of aryl methyl sites for hydroxylation is 1. The molecule has 0 aliphatic heterocycles. The summed E-state index contributed by atoms with van der Waals surface area (Å²) in [5.41, 5.74) is 8.14. The minimum atomic E-state index is -0.449. The maximum Gasteiger partial charge on any atom is 0.271 e. The van der Waals surface area contributed by atoms with Crippen molar-refractivity contribution >= 4 is 34.4 Å². The molecule has 2 rings (SSSR count). The standard InChI is InChI=1S/C14H14N4O2S/c1-10-5-2-3-8-13(10)15-14(21)17-16-11-6-4-7-12(9-11)18(19)20/h2-9,16H,1H3,(H2,15,17,21). The number of nitrogens with one attached hydrogen (secondary N) is 3. The van der Waals surface area contributed by atoms with Crippen LogP contribution < -0.4 is 16.2 Å². The molecule has 0 aromatic heterocycles. The van der Waals surface area contributed by atoms with Gasteiger partial charge in [0.1, 0.15) is 0 Å². The van der Waals surface area contributed by atoms with Gasteiger partial charge in [0.05, 0.1) is 10.6 Å². The molecule has 0 saturated heterocycles. The van der Waals surface area contributed by atoms with Gasteiger partial charge in [0.25, 0.3) is 5.69 Å². The van der Waals surface area contributed by atoms with Crippen LogP contribution in [0.25, 0.3) is 0 Å². The molecule has 0 radical (unpaired) electrons. The van der Waals surface area contributed by atoms with Crippen molar-refractivity contribution < 1.29 is 4.92 Å². The molecule has 0 aliphatic rings. The second kappa shape index (κ2) is 6.67. The predicted octanol–water partition coefficient (Wildman–Crippen LogP) is 3.22. The van der Waals surface area contributed by atoms with Crippen molar-refractivity contribution in [2.45, 2.75) is 6.92 Å². The first-order valence-corrected chi connectivity index (χ1v) is 6.60. The van der Waals surface area contributed by atoms with Crippen molar-refractivity contribution in [2.75, 3.05) is 10.7 Å². The van der Waals surface area contributed by atoms with E-state index < -0.39 is 4.92 Å². The second-order valence-corrected chi connectivity index (χ2v) is 4.73. The van der Waals surface area contributed by atoms with Crippen molar-refractivity contribution in [2.24, 2.45) is 0 Å². The number of non-ortho nitro benzene ring substituents is 1. The minimum absolute atomic E-state index is 0.0135. The second-order valence-electron chi connectivity index (χ2n) is 4.33. The van der Waals surface area contributed by atoms with Crippen LogP contribution in [0.4, 0.5) is 17.1 Å². The van der Waals surface area contributed by atoms with Gasteiger partial charge in [-0.2, -0.15) is 0 Å². The van der Waals surface area contributed by atoms with Gasteiger partial charge in [-0.1, -0.05) is 24.3 Å². The van der Waals surface area contributed by atoms with Crippen LogP contribution in [-0.2, 0) is 0 Å². The zero-order chi connectivity index (χ0) is 15.2. The van der Waals surface area contributed by atoms with E-state index in [1.165, 1.54) is 12.1 Å². The van der Waals surface area contributed by atoms with Crippen LogP contribution in [0.2, 0.25) is 0 Å². The Labute approximate surface area is 127 Å². The first-order valence-electron chi connectivity index (χ1n) is 6.19. The number of nitrogens with zero attached hydrogens (tertiary/aromatic N) is 1. The highest BCUT2D eigenvalue weighted by molar-refractivity contribution is 7.80. The summed E-state index contributed by atoms with van der Waals surface area (Å²) in [6, 6.07) is 13.9. The molecule has 6 nitrogen and oxygen atoms in total. The Balaban J connectivity index is 1.94. The minimum Gasteiger partial charge on any atom is -0.331 e. The highest BCUT2D eigenvalue weighted by Gasteiger charge is 2.05. The Morgan fingerprint density at radius 2 is 1.95 bits per heavy atom. The third-order valence-corrected chi connectivity index (χ3v) is 2.97. The smallest absolute Gasteiger partial charge is 0.271 e. The highest BCUT2D eigenvalue weighted by atomic mass is 32.1. The average molecular weight is 302 g/mol. The predicted molar refractivity (Wildman–Crippen MR) is 87.3 cm³/mol. The Hall–Kier alpha value is -2.67. The van der Waals surface area contributed by atoms with Crippen LogP contribution in [0.15, 0.2) is 48.5 Å². The fraction of sp³-hybridized carbons (Fsp3) is 0.0714. The van der Waals surface area contributed by atoms with Gasteiger partial charge in [0, 0.05) is 17.8 Å². The van der Waals surface area contributed by atoms with E-state index in [2.05, 4.69) is 16.2 Å². The number of hydrogen-bond donors (Lipinski definition) is 3. The number of anilines is 2. The number of thiocarbonyl (C=S) groups is 1. The molecule has 108 valence electrons. The van der Waals surface area contributed by atoms with Crippen molar-refractivity contribution in [3.05, 3.63) is 64.2 Å². The van der Waals surface area contributed by atoms with E-state index in [9.17, 15) is 10.1 Å². The van der Waals surface area contributed by atoms with Crippen molar-refractivity contribution in [1.29, 1.82) is 0 Å². The van der Waals surface area contributed by atoms with E-state index >= 15 is 0 Å². The molecule has 0 spiro atoms. The van der Waals surface area contributed by atoms with Gasteiger partial charge in [-0.15, -0.1) is 0 Å². The zero-order valence-corrected chi connectivity index (χ0v) is 12.1. The van der Waals surface area contributed by atoms with Crippen LogP contribution in [-0.4, -0.2) is 10.0 Å². The Kier molecular flexibility index (Phi) is 4.68. The molecular formula is C14H14N4O2S. The monoisotopic (exact) mass is 302 g/mol. The molecular weight excluding hydrogens is 288 g/mol. The number of benzene rings is 2. The summed E-state index contributed by atoms with van der Waals surface area (Å²) in [4.78, 5) is 10.2. The summed E-state index contributed by atoms with van der Waals surface area (Å²) in [5.74, 6) is 0. The largest absolute Gasteiger partial charge is 0.331 e.